The predicted octanol–water partition coefficient (Wildman–Crippen LogP) is 2.56. The number of piperidine rings is 1. The standard InChI is InChI=1S/C15H24N4O/c1-3-4-7-16-14-10-17-13(9-18-14)15(20)19-8-5-6-12(2)11-19/h9-10,12H,3-8,11H2,1-2H3,(H,16,18). The van der Waals surface area contributed by atoms with Crippen LogP contribution in [-0.2, 0) is 0 Å². The molecule has 1 aromatic heterocycles. The summed E-state index contributed by atoms with van der Waals surface area (Å²) in [5.74, 6) is 1.32. The molecule has 1 atom stereocenters. The molecule has 2 heterocycles. The molecular weight excluding hydrogens is 252 g/mol. The van der Waals surface area contributed by atoms with E-state index in [0.29, 0.717) is 11.6 Å². The molecule has 0 spiro atoms. The molecule has 0 saturated carbocycles. The summed E-state index contributed by atoms with van der Waals surface area (Å²) >= 11 is 0. The molecule has 1 aliphatic rings. The van der Waals surface area contributed by atoms with Gasteiger partial charge in [0.05, 0.1) is 12.4 Å². The van der Waals surface area contributed by atoms with Crippen LogP contribution in [0, 0.1) is 5.92 Å². The van der Waals surface area contributed by atoms with Crippen molar-refractivity contribution in [1.82, 2.24) is 14.9 Å². The second-order valence-electron chi connectivity index (χ2n) is 5.57. The molecule has 1 saturated heterocycles. The van der Waals surface area contributed by atoms with E-state index in [2.05, 4.69) is 29.1 Å². The second kappa shape index (κ2) is 7.22. The molecule has 2 rings (SSSR count). The summed E-state index contributed by atoms with van der Waals surface area (Å²) in [7, 11) is 0. The van der Waals surface area contributed by atoms with Gasteiger partial charge in [-0.15, -0.1) is 0 Å². The number of carbonyl (C=O) groups is 1. The quantitative estimate of drug-likeness (QED) is 0.840. The number of carbonyl (C=O) groups excluding carboxylic acids is 1. The van der Waals surface area contributed by atoms with Crippen LogP contribution in [0.25, 0.3) is 0 Å². The Balaban J connectivity index is 1.93. The van der Waals surface area contributed by atoms with Crippen molar-refractivity contribution in [3.8, 4) is 0 Å². The number of nitrogens with zero attached hydrogens (tertiary/aromatic N) is 3. The Kier molecular flexibility index (Phi) is 5.32. The molecule has 0 radical (unpaired) electrons. The van der Waals surface area contributed by atoms with Gasteiger partial charge in [-0.05, 0) is 25.2 Å². The van der Waals surface area contributed by atoms with Crippen LogP contribution in [0.4, 0.5) is 5.82 Å². The zero-order valence-electron chi connectivity index (χ0n) is 12.4. The molecule has 20 heavy (non-hydrogen) atoms. The lowest BCUT2D eigenvalue weighted by Crippen LogP contribution is -2.39. The van der Waals surface area contributed by atoms with E-state index in [0.717, 1.165) is 44.7 Å². The normalized spacial score (nSPS) is 18.9. The largest absolute Gasteiger partial charge is 0.369 e. The van der Waals surface area contributed by atoms with Gasteiger partial charge >= 0.3 is 0 Å². The van der Waals surface area contributed by atoms with Gasteiger partial charge in [-0.2, -0.15) is 0 Å². The van der Waals surface area contributed by atoms with Gasteiger partial charge in [0.25, 0.3) is 5.91 Å². The first kappa shape index (κ1) is 14.8. The second-order valence-corrected chi connectivity index (χ2v) is 5.57. The van der Waals surface area contributed by atoms with Crippen molar-refractivity contribution in [1.29, 1.82) is 0 Å². The number of anilines is 1. The van der Waals surface area contributed by atoms with E-state index < -0.39 is 0 Å². The molecule has 1 N–H and O–H groups in total. The van der Waals surface area contributed by atoms with Crippen LogP contribution >= 0.6 is 0 Å². The molecule has 0 aromatic carbocycles. The summed E-state index contributed by atoms with van der Waals surface area (Å²) in [5.41, 5.74) is 0.445. The number of nitrogens with one attached hydrogen (secondary N) is 1. The fourth-order valence-corrected chi connectivity index (χ4v) is 2.46. The van der Waals surface area contributed by atoms with Gasteiger partial charge in [-0.3, -0.25) is 4.79 Å². The average molecular weight is 276 g/mol. The average Bonchev–Trinajstić information content (AvgIpc) is 2.47. The van der Waals surface area contributed by atoms with Crippen LogP contribution < -0.4 is 5.32 Å². The first-order valence-corrected chi connectivity index (χ1v) is 7.56. The number of hydrogen-bond acceptors (Lipinski definition) is 4. The topological polar surface area (TPSA) is 58.1 Å². The van der Waals surface area contributed by atoms with Gasteiger partial charge in [0.15, 0.2) is 0 Å². The Morgan fingerprint density at radius 3 is 2.95 bits per heavy atom. The molecule has 0 bridgehead atoms. The summed E-state index contributed by atoms with van der Waals surface area (Å²) < 4.78 is 0. The summed E-state index contributed by atoms with van der Waals surface area (Å²) in [6.07, 6.45) is 7.76. The number of aromatic nitrogens is 2. The highest BCUT2D eigenvalue weighted by Gasteiger charge is 2.22. The molecular formula is C15H24N4O. The van der Waals surface area contributed by atoms with Crippen LogP contribution in [0.5, 0.6) is 0 Å². The van der Waals surface area contributed by atoms with E-state index >= 15 is 0 Å². The minimum absolute atomic E-state index is 0.00385. The lowest BCUT2D eigenvalue weighted by Gasteiger charge is -2.30. The molecule has 1 aromatic rings. The highest BCUT2D eigenvalue weighted by molar-refractivity contribution is 5.92. The lowest BCUT2D eigenvalue weighted by molar-refractivity contribution is 0.0676. The van der Waals surface area contributed by atoms with Gasteiger partial charge in [-0.25, -0.2) is 9.97 Å². The van der Waals surface area contributed by atoms with Crippen molar-refractivity contribution in [2.24, 2.45) is 5.92 Å². The minimum Gasteiger partial charge on any atom is -0.369 e. The van der Waals surface area contributed by atoms with Gasteiger partial charge in [-0.1, -0.05) is 20.3 Å². The third kappa shape index (κ3) is 3.92. The number of unbranched alkanes of at least 4 members (excludes halogenated alkanes) is 1. The van der Waals surface area contributed by atoms with E-state index in [1.165, 1.54) is 6.42 Å². The molecule has 1 aliphatic heterocycles. The number of hydrogen-bond donors (Lipinski definition) is 1. The van der Waals surface area contributed by atoms with Gasteiger partial charge < -0.3 is 10.2 Å². The third-order valence-electron chi connectivity index (χ3n) is 3.65. The molecule has 1 unspecified atom stereocenters. The number of amides is 1. The monoisotopic (exact) mass is 276 g/mol. The fourth-order valence-electron chi connectivity index (χ4n) is 2.46. The highest BCUT2D eigenvalue weighted by Crippen LogP contribution is 2.17. The maximum atomic E-state index is 12.3. The Hall–Kier alpha value is -1.65. The summed E-state index contributed by atoms with van der Waals surface area (Å²) in [6.45, 7) is 6.89. The Bertz CT molecular complexity index is 432. The molecule has 0 aliphatic carbocycles. The minimum atomic E-state index is 0.00385. The van der Waals surface area contributed by atoms with Crippen molar-refractivity contribution in [2.75, 3.05) is 25.0 Å². The predicted molar refractivity (Wildman–Crippen MR) is 79.7 cm³/mol. The van der Waals surface area contributed by atoms with E-state index in [9.17, 15) is 4.79 Å². The highest BCUT2D eigenvalue weighted by atomic mass is 16.2. The first-order chi connectivity index (χ1) is 9.70. The van der Waals surface area contributed by atoms with E-state index in [1.807, 2.05) is 4.90 Å². The Morgan fingerprint density at radius 1 is 1.45 bits per heavy atom. The maximum Gasteiger partial charge on any atom is 0.274 e. The summed E-state index contributed by atoms with van der Waals surface area (Å²) in [4.78, 5) is 22.7. The van der Waals surface area contributed by atoms with Crippen molar-refractivity contribution < 1.29 is 4.79 Å². The van der Waals surface area contributed by atoms with Crippen LogP contribution in [-0.4, -0.2) is 40.4 Å². The Labute approximate surface area is 120 Å². The van der Waals surface area contributed by atoms with Crippen molar-refractivity contribution in [3.05, 3.63) is 18.1 Å². The molecule has 5 heteroatoms. The lowest BCUT2D eigenvalue weighted by atomic mass is 10.0. The first-order valence-electron chi connectivity index (χ1n) is 7.56. The van der Waals surface area contributed by atoms with Crippen molar-refractivity contribution in [2.45, 2.75) is 39.5 Å². The maximum absolute atomic E-state index is 12.3. The SMILES string of the molecule is CCCCNc1cnc(C(=O)N2CCCC(C)C2)cn1. The van der Waals surface area contributed by atoms with Gasteiger partial charge in [0.1, 0.15) is 11.5 Å². The number of rotatable bonds is 5. The zero-order chi connectivity index (χ0) is 14.4. The van der Waals surface area contributed by atoms with Gasteiger partial charge in [0, 0.05) is 19.6 Å². The van der Waals surface area contributed by atoms with Crippen molar-refractivity contribution >= 4 is 11.7 Å². The molecule has 1 amide bonds. The van der Waals surface area contributed by atoms with E-state index in [4.69, 9.17) is 0 Å². The Morgan fingerprint density at radius 2 is 2.30 bits per heavy atom. The molecule has 110 valence electrons. The molecule has 5 nitrogen and oxygen atoms in total. The van der Waals surface area contributed by atoms with E-state index in [-0.39, 0.29) is 5.91 Å². The molecule has 1 fully saturated rings. The van der Waals surface area contributed by atoms with Crippen molar-refractivity contribution in [3.63, 3.8) is 0 Å². The van der Waals surface area contributed by atoms with E-state index in [1.54, 1.807) is 12.4 Å². The van der Waals surface area contributed by atoms with Gasteiger partial charge in [0.2, 0.25) is 0 Å². The fraction of sp³-hybridized carbons (Fsp3) is 0.667. The number of likely N-dealkylation sites (tertiary alicyclic amines) is 1. The van der Waals surface area contributed by atoms with Crippen LogP contribution in [0.2, 0.25) is 0 Å². The smallest absolute Gasteiger partial charge is 0.274 e. The van der Waals surface area contributed by atoms with Crippen LogP contribution in [0.1, 0.15) is 50.0 Å². The van der Waals surface area contributed by atoms with Crippen LogP contribution in [0.15, 0.2) is 12.4 Å². The third-order valence-corrected chi connectivity index (χ3v) is 3.65. The van der Waals surface area contributed by atoms with Crippen LogP contribution in [0.3, 0.4) is 0 Å². The summed E-state index contributed by atoms with van der Waals surface area (Å²) in [5, 5.41) is 3.20. The summed E-state index contributed by atoms with van der Waals surface area (Å²) in [6, 6.07) is 0. The zero-order valence-corrected chi connectivity index (χ0v) is 12.4.